The van der Waals surface area contributed by atoms with Crippen molar-refractivity contribution in [3.63, 3.8) is 0 Å². The average Bonchev–Trinajstić information content (AvgIpc) is 2.90. The number of unbranched alkanes of at least 4 members (excludes halogenated alkanes) is 2. The van der Waals surface area contributed by atoms with E-state index in [4.69, 9.17) is 21.3 Å². The van der Waals surface area contributed by atoms with Crippen LogP contribution >= 0.6 is 11.6 Å². The van der Waals surface area contributed by atoms with Crippen molar-refractivity contribution >= 4 is 17.3 Å². The van der Waals surface area contributed by atoms with E-state index in [0.717, 1.165) is 56.1 Å². The molecule has 0 aromatic heterocycles. The van der Waals surface area contributed by atoms with Crippen LogP contribution in [0.4, 0.5) is 4.39 Å². The first-order valence-electron chi connectivity index (χ1n) is 11.6. The predicted octanol–water partition coefficient (Wildman–Crippen LogP) is 6.85. The van der Waals surface area contributed by atoms with Crippen molar-refractivity contribution in [3.05, 3.63) is 46.5 Å². The first-order chi connectivity index (χ1) is 14.5. The Morgan fingerprint density at radius 2 is 1.97 bits per heavy atom. The van der Waals surface area contributed by atoms with Crippen molar-refractivity contribution in [3.8, 4) is 0 Å². The van der Waals surface area contributed by atoms with E-state index in [-0.39, 0.29) is 10.8 Å². The van der Waals surface area contributed by atoms with Gasteiger partial charge in [-0.3, -0.25) is 0 Å². The lowest BCUT2D eigenvalue weighted by molar-refractivity contribution is 0.0208. The molecule has 0 spiro atoms. The number of halogens is 2. The molecule has 1 aromatic rings. The largest absolute Gasteiger partial charge is 0.378 e. The number of ether oxygens (including phenoxy) is 1. The molecule has 2 atom stereocenters. The van der Waals surface area contributed by atoms with E-state index in [1.54, 1.807) is 6.07 Å². The third-order valence-electron chi connectivity index (χ3n) is 6.42. The van der Waals surface area contributed by atoms with Gasteiger partial charge in [0, 0.05) is 19.7 Å². The highest BCUT2D eigenvalue weighted by Gasteiger charge is 2.27. The van der Waals surface area contributed by atoms with Crippen molar-refractivity contribution in [2.45, 2.75) is 71.8 Å². The van der Waals surface area contributed by atoms with Crippen LogP contribution in [0.2, 0.25) is 5.02 Å². The summed E-state index contributed by atoms with van der Waals surface area (Å²) in [6.45, 7) is 9.30. The molecule has 3 nitrogen and oxygen atoms in total. The van der Waals surface area contributed by atoms with Gasteiger partial charge < -0.3 is 9.64 Å². The summed E-state index contributed by atoms with van der Waals surface area (Å²) in [5, 5.41) is 0.159. The minimum atomic E-state index is -0.378. The molecule has 2 heterocycles. The summed E-state index contributed by atoms with van der Waals surface area (Å²) in [6.07, 6.45) is 10.6. The molecule has 3 rings (SSSR count). The first-order valence-corrected chi connectivity index (χ1v) is 12.0. The van der Waals surface area contributed by atoms with Crippen molar-refractivity contribution in [1.82, 2.24) is 4.90 Å². The van der Waals surface area contributed by atoms with Crippen molar-refractivity contribution < 1.29 is 9.13 Å². The van der Waals surface area contributed by atoms with Crippen molar-refractivity contribution in [1.29, 1.82) is 0 Å². The summed E-state index contributed by atoms with van der Waals surface area (Å²) < 4.78 is 20.0. The van der Waals surface area contributed by atoms with E-state index < -0.39 is 0 Å². The highest BCUT2D eigenvalue weighted by molar-refractivity contribution is 6.30. The SMILES string of the molecule is CCCCCC1C=C(N2CCC(OCC)CC2)N=C(c2ccc(Cl)c(F)c2)CC1C. The van der Waals surface area contributed by atoms with Crippen LogP contribution in [0.1, 0.15) is 71.3 Å². The van der Waals surface area contributed by atoms with Crippen LogP contribution in [0.25, 0.3) is 0 Å². The molecule has 0 radical (unpaired) electrons. The van der Waals surface area contributed by atoms with E-state index in [1.165, 1.54) is 31.7 Å². The Balaban J connectivity index is 1.85. The maximum absolute atomic E-state index is 14.2. The Morgan fingerprint density at radius 1 is 1.20 bits per heavy atom. The Kier molecular flexibility index (Phi) is 8.76. The lowest BCUT2D eigenvalue weighted by atomic mass is 9.85. The standard InChI is InChI=1S/C25H36ClFN2O/c1-4-6-7-8-19-17-25(29-13-11-21(12-14-29)30-5-2)28-24(15-18(19)3)20-9-10-22(26)23(27)16-20/h9-10,16-19,21H,4-8,11-15H2,1-3H3. The molecule has 1 saturated heterocycles. The number of hydrogen-bond donors (Lipinski definition) is 0. The summed E-state index contributed by atoms with van der Waals surface area (Å²) in [5.41, 5.74) is 1.81. The van der Waals surface area contributed by atoms with Crippen LogP contribution in [0.3, 0.4) is 0 Å². The third kappa shape index (κ3) is 6.07. The van der Waals surface area contributed by atoms with E-state index in [9.17, 15) is 4.39 Å². The average molecular weight is 435 g/mol. The molecule has 0 bridgehead atoms. The first kappa shape index (κ1) is 23.3. The Hall–Kier alpha value is -1.39. The lowest BCUT2D eigenvalue weighted by Crippen LogP contribution is -2.36. The van der Waals surface area contributed by atoms with Crippen LogP contribution in [0, 0.1) is 17.7 Å². The van der Waals surface area contributed by atoms with Crippen LogP contribution in [-0.4, -0.2) is 36.4 Å². The maximum atomic E-state index is 14.2. The maximum Gasteiger partial charge on any atom is 0.142 e. The summed E-state index contributed by atoms with van der Waals surface area (Å²) in [7, 11) is 0. The van der Waals surface area contributed by atoms with Gasteiger partial charge in [0.15, 0.2) is 0 Å². The van der Waals surface area contributed by atoms with Gasteiger partial charge in [0.1, 0.15) is 11.6 Å². The molecule has 0 saturated carbocycles. The molecule has 0 aliphatic carbocycles. The molecule has 2 unspecified atom stereocenters. The number of allylic oxidation sites excluding steroid dienone is 1. The second kappa shape index (κ2) is 11.3. The van der Waals surface area contributed by atoms with E-state index in [2.05, 4.69) is 31.7 Å². The second-order valence-corrected chi connectivity index (χ2v) is 9.10. The van der Waals surface area contributed by atoms with Gasteiger partial charge in [-0.15, -0.1) is 0 Å². The minimum absolute atomic E-state index is 0.159. The summed E-state index contributed by atoms with van der Waals surface area (Å²) in [6, 6.07) is 5.07. The van der Waals surface area contributed by atoms with Gasteiger partial charge >= 0.3 is 0 Å². The molecule has 2 aliphatic rings. The highest BCUT2D eigenvalue weighted by atomic mass is 35.5. The van der Waals surface area contributed by atoms with Crippen LogP contribution in [0.15, 0.2) is 35.1 Å². The van der Waals surface area contributed by atoms with Gasteiger partial charge in [-0.25, -0.2) is 9.38 Å². The number of piperidine rings is 1. The summed E-state index contributed by atoms with van der Waals surface area (Å²) in [4.78, 5) is 7.49. The van der Waals surface area contributed by atoms with Crippen LogP contribution in [-0.2, 0) is 4.74 Å². The monoisotopic (exact) mass is 434 g/mol. The molecule has 1 fully saturated rings. The zero-order valence-corrected chi connectivity index (χ0v) is 19.4. The van der Waals surface area contributed by atoms with Crippen molar-refractivity contribution in [2.75, 3.05) is 19.7 Å². The fourth-order valence-corrected chi connectivity index (χ4v) is 4.67. The zero-order chi connectivity index (χ0) is 21.5. The van der Waals surface area contributed by atoms with Gasteiger partial charge in [0.05, 0.1) is 16.8 Å². The van der Waals surface area contributed by atoms with Gasteiger partial charge in [-0.1, -0.05) is 50.8 Å². The number of aliphatic imine (C=N–C) groups is 1. The van der Waals surface area contributed by atoms with Crippen LogP contribution in [0.5, 0.6) is 0 Å². The van der Waals surface area contributed by atoms with Gasteiger partial charge in [-0.05, 0) is 68.2 Å². The molecular weight excluding hydrogens is 399 g/mol. The Bertz CT molecular complexity index is 756. The second-order valence-electron chi connectivity index (χ2n) is 8.70. The number of rotatable bonds is 8. The van der Waals surface area contributed by atoms with Gasteiger partial charge in [-0.2, -0.15) is 0 Å². The Morgan fingerprint density at radius 3 is 2.63 bits per heavy atom. The number of benzene rings is 1. The molecule has 0 N–H and O–H groups in total. The van der Waals surface area contributed by atoms with E-state index in [1.807, 2.05) is 6.07 Å². The lowest BCUT2D eigenvalue weighted by Gasteiger charge is -2.33. The molecule has 166 valence electrons. The Labute approximate surface area is 186 Å². The molecule has 1 aromatic carbocycles. The summed E-state index contributed by atoms with van der Waals surface area (Å²) >= 11 is 5.92. The van der Waals surface area contributed by atoms with E-state index >= 15 is 0 Å². The summed E-state index contributed by atoms with van der Waals surface area (Å²) in [5.74, 6) is 1.64. The third-order valence-corrected chi connectivity index (χ3v) is 6.73. The number of nitrogens with zero attached hydrogens (tertiary/aromatic N) is 2. The fraction of sp³-hybridized carbons (Fsp3) is 0.640. The minimum Gasteiger partial charge on any atom is -0.378 e. The predicted molar refractivity (Wildman–Crippen MR) is 124 cm³/mol. The fourth-order valence-electron chi connectivity index (χ4n) is 4.55. The molecule has 5 heteroatoms. The molecule has 30 heavy (non-hydrogen) atoms. The normalized spacial score (nSPS) is 23.2. The van der Waals surface area contributed by atoms with E-state index in [0.29, 0.717) is 17.9 Å². The molecule has 2 aliphatic heterocycles. The zero-order valence-electron chi connectivity index (χ0n) is 18.7. The molecule has 0 amide bonds. The van der Waals surface area contributed by atoms with Crippen molar-refractivity contribution in [2.24, 2.45) is 16.8 Å². The number of likely N-dealkylation sites (tertiary alicyclic amines) is 1. The van der Waals surface area contributed by atoms with Gasteiger partial charge in [0.25, 0.3) is 0 Å². The smallest absolute Gasteiger partial charge is 0.142 e. The quantitative estimate of drug-likeness (QED) is 0.418. The topological polar surface area (TPSA) is 24.8 Å². The van der Waals surface area contributed by atoms with Gasteiger partial charge in [0.2, 0.25) is 0 Å². The highest BCUT2D eigenvalue weighted by Crippen LogP contribution is 2.32. The van der Waals surface area contributed by atoms with Crippen LogP contribution < -0.4 is 0 Å². The molecular formula is C25H36ClFN2O. The number of hydrogen-bond acceptors (Lipinski definition) is 3.